The van der Waals surface area contributed by atoms with E-state index in [1.807, 2.05) is 0 Å². The van der Waals surface area contributed by atoms with E-state index in [2.05, 4.69) is 41.7 Å². The highest BCUT2D eigenvalue weighted by Gasteiger charge is 2.28. The van der Waals surface area contributed by atoms with Gasteiger partial charge in [0.1, 0.15) is 5.75 Å². The standard InChI is InChI=1S/C17H17NO/c1-19-13-6-5-12-9-16-17-11(7-8-18-16)3-2-4-14(17)15(12)10-13/h2-6,10,16,18H,7-9H2,1H3. The van der Waals surface area contributed by atoms with Crippen LogP contribution in [-0.2, 0) is 12.8 Å². The molecule has 1 N–H and O–H groups in total. The van der Waals surface area contributed by atoms with E-state index in [1.54, 1.807) is 7.11 Å². The molecule has 19 heavy (non-hydrogen) atoms. The van der Waals surface area contributed by atoms with Gasteiger partial charge in [-0.1, -0.05) is 24.3 Å². The Kier molecular flexibility index (Phi) is 2.39. The van der Waals surface area contributed by atoms with Gasteiger partial charge in [-0.3, -0.25) is 0 Å². The summed E-state index contributed by atoms with van der Waals surface area (Å²) in [5.41, 5.74) is 7.17. The van der Waals surface area contributed by atoms with Crippen molar-refractivity contribution in [2.45, 2.75) is 18.9 Å². The zero-order valence-corrected chi connectivity index (χ0v) is 11.1. The first-order valence-corrected chi connectivity index (χ1v) is 6.89. The Morgan fingerprint density at radius 3 is 2.95 bits per heavy atom. The number of hydrogen-bond donors (Lipinski definition) is 1. The summed E-state index contributed by atoms with van der Waals surface area (Å²) in [7, 11) is 1.73. The SMILES string of the molecule is COc1ccc2c(c1)-c1cccc3c1C(C2)NCC3. The van der Waals surface area contributed by atoms with E-state index in [9.17, 15) is 0 Å². The van der Waals surface area contributed by atoms with E-state index >= 15 is 0 Å². The van der Waals surface area contributed by atoms with E-state index in [4.69, 9.17) is 4.74 Å². The van der Waals surface area contributed by atoms with Crippen molar-refractivity contribution in [3.05, 3.63) is 53.1 Å². The Labute approximate surface area is 113 Å². The van der Waals surface area contributed by atoms with Crippen molar-refractivity contribution in [2.24, 2.45) is 0 Å². The fourth-order valence-corrected chi connectivity index (χ4v) is 3.47. The Balaban J connectivity index is 1.98. The molecule has 96 valence electrons. The first-order valence-electron chi connectivity index (χ1n) is 6.89. The van der Waals surface area contributed by atoms with E-state index in [1.165, 1.54) is 27.8 Å². The fourth-order valence-electron chi connectivity index (χ4n) is 3.47. The minimum absolute atomic E-state index is 0.487. The third-order valence-electron chi connectivity index (χ3n) is 4.36. The molecule has 0 saturated heterocycles. The van der Waals surface area contributed by atoms with E-state index < -0.39 is 0 Å². The van der Waals surface area contributed by atoms with Crippen LogP contribution in [0.15, 0.2) is 36.4 Å². The van der Waals surface area contributed by atoms with Gasteiger partial charge >= 0.3 is 0 Å². The summed E-state index contributed by atoms with van der Waals surface area (Å²) in [6.07, 6.45) is 2.22. The molecule has 2 heteroatoms. The molecule has 1 atom stereocenters. The van der Waals surface area contributed by atoms with Gasteiger partial charge in [0.2, 0.25) is 0 Å². The number of hydrogen-bond acceptors (Lipinski definition) is 2. The molecule has 2 aromatic rings. The Morgan fingerprint density at radius 1 is 1.11 bits per heavy atom. The first kappa shape index (κ1) is 11.1. The quantitative estimate of drug-likeness (QED) is 0.841. The molecule has 1 unspecified atom stereocenters. The molecular weight excluding hydrogens is 234 g/mol. The van der Waals surface area contributed by atoms with Gasteiger partial charge in [0.25, 0.3) is 0 Å². The van der Waals surface area contributed by atoms with Gasteiger partial charge in [0, 0.05) is 6.04 Å². The van der Waals surface area contributed by atoms with Gasteiger partial charge in [-0.15, -0.1) is 0 Å². The lowest BCUT2D eigenvalue weighted by molar-refractivity contribution is 0.414. The first-order chi connectivity index (χ1) is 9.36. The maximum atomic E-state index is 5.38. The van der Waals surface area contributed by atoms with Crippen LogP contribution < -0.4 is 10.1 Å². The average molecular weight is 251 g/mol. The van der Waals surface area contributed by atoms with Crippen molar-refractivity contribution in [3.63, 3.8) is 0 Å². The van der Waals surface area contributed by atoms with Gasteiger partial charge in [0.05, 0.1) is 7.11 Å². The number of benzene rings is 2. The summed E-state index contributed by atoms with van der Waals surface area (Å²) in [6, 6.07) is 13.6. The molecule has 1 heterocycles. The van der Waals surface area contributed by atoms with Crippen molar-refractivity contribution in [1.82, 2.24) is 5.32 Å². The van der Waals surface area contributed by atoms with Crippen molar-refractivity contribution in [3.8, 4) is 16.9 Å². The zero-order valence-electron chi connectivity index (χ0n) is 11.1. The van der Waals surface area contributed by atoms with Crippen LogP contribution in [0.3, 0.4) is 0 Å². The highest BCUT2D eigenvalue weighted by atomic mass is 16.5. The third kappa shape index (κ3) is 1.60. The second kappa shape index (κ2) is 4.10. The van der Waals surface area contributed by atoms with Crippen LogP contribution in [0.25, 0.3) is 11.1 Å². The van der Waals surface area contributed by atoms with Crippen LogP contribution in [0.2, 0.25) is 0 Å². The molecule has 0 radical (unpaired) electrons. The number of nitrogens with one attached hydrogen (secondary N) is 1. The van der Waals surface area contributed by atoms with Crippen molar-refractivity contribution >= 4 is 0 Å². The number of fused-ring (bicyclic) bond motifs is 2. The number of rotatable bonds is 1. The van der Waals surface area contributed by atoms with Crippen molar-refractivity contribution in [1.29, 1.82) is 0 Å². The third-order valence-corrected chi connectivity index (χ3v) is 4.36. The molecule has 2 aliphatic rings. The lowest BCUT2D eigenvalue weighted by Crippen LogP contribution is -2.33. The monoisotopic (exact) mass is 251 g/mol. The molecule has 0 bridgehead atoms. The van der Waals surface area contributed by atoms with Gasteiger partial charge in [-0.25, -0.2) is 0 Å². The second-order valence-corrected chi connectivity index (χ2v) is 5.36. The molecule has 4 rings (SSSR count). The van der Waals surface area contributed by atoms with E-state index in [0.717, 1.165) is 25.1 Å². The maximum absolute atomic E-state index is 5.38. The second-order valence-electron chi connectivity index (χ2n) is 5.36. The lowest BCUT2D eigenvalue weighted by atomic mass is 9.78. The van der Waals surface area contributed by atoms with E-state index in [0.29, 0.717) is 6.04 Å². The number of methoxy groups -OCH3 is 1. The average Bonchev–Trinajstić information content (AvgIpc) is 2.47. The van der Waals surface area contributed by atoms with Crippen LogP contribution in [0.5, 0.6) is 5.75 Å². The topological polar surface area (TPSA) is 21.3 Å². The Bertz CT molecular complexity index is 648. The molecule has 0 amide bonds. The normalized spacial score (nSPS) is 19.5. The van der Waals surface area contributed by atoms with Crippen LogP contribution >= 0.6 is 0 Å². The van der Waals surface area contributed by atoms with Crippen molar-refractivity contribution < 1.29 is 4.74 Å². The molecule has 2 aromatic carbocycles. The summed E-state index contributed by atoms with van der Waals surface area (Å²) in [5, 5.41) is 3.66. The largest absolute Gasteiger partial charge is 0.497 e. The van der Waals surface area contributed by atoms with E-state index in [-0.39, 0.29) is 0 Å². The molecule has 1 aliphatic heterocycles. The Morgan fingerprint density at radius 2 is 2.05 bits per heavy atom. The minimum Gasteiger partial charge on any atom is -0.497 e. The lowest BCUT2D eigenvalue weighted by Gasteiger charge is -2.34. The van der Waals surface area contributed by atoms with Gasteiger partial charge in [-0.2, -0.15) is 0 Å². The molecule has 0 saturated carbocycles. The molecule has 1 aliphatic carbocycles. The van der Waals surface area contributed by atoms with Gasteiger partial charge in [0.15, 0.2) is 0 Å². The molecule has 2 nitrogen and oxygen atoms in total. The molecule has 0 aromatic heterocycles. The summed E-state index contributed by atoms with van der Waals surface area (Å²) < 4.78 is 5.38. The smallest absolute Gasteiger partial charge is 0.119 e. The summed E-state index contributed by atoms with van der Waals surface area (Å²) in [4.78, 5) is 0. The summed E-state index contributed by atoms with van der Waals surface area (Å²) in [5.74, 6) is 0.943. The predicted octanol–water partition coefficient (Wildman–Crippen LogP) is 3.11. The van der Waals surface area contributed by atoms with Crippen LogP contribution in [-0.4, -0.2) is 13.7 Å². The van der Waals surface area contributed by atoms with Crippen LogP contribution in [0.4, 0.5) is 0 Å². The predicted molar refractivity (Wildman–Crippen MR) is 76.6 cm³/mol. The van der Waals surface area contributed by atoms with Crippen molar-refractivity contribution in [2.75, 3.05) is 13.7 Å². The van der Waals surface area contributed by atoms with Gasteiger partial charge in [-0.05, 0) is 59.3 Å². The summed E-state index contributed by atoms with van der Waals surface area (Å²) >= 11 is 0. The highest BCUT2D eigenvalue weighted by Crippen LogP contribution is 2.42. The van der Waals surface area contributed by atoms with Crippen LogP contribution in [0, 0.1) is 0 Å². The number of ether oxygens (including phenoxy) is 1. The van der Waals surface area contributed by atoms with Crippen LogP contribution in [0.1, 0.15) is 22.7 Å². The van der Waals surface area contributed by atoms with Gasteiger partial charge < -0.3 is 10.1 Å². The Hall–Kier alpha value is -1.80. The molecule has 0 fully saturated rings. The fraction of sp³-hybridized carbons (Fsp3) is 0.294. The summed E-state index contributed by atoms with van der Waals surface area (Å²) in [6.45, 7) is 1.09. The minimum atomic E-state index is 0.487. The molecular formula is C17H17NO. The highest BCUT2D eigenvalue weighted by molar-refractivity contribution is 5.76. The maximum Gasteiger partial charge on any atom is 0.119 e. The zero-order chi connectivity index (χ0) is 12.8. The molecule has 0 spiro atoms.